The Morgan fingerprint density at radius 2 is 1.65 bits per heavy atom. The molecule has 2 fully saturated rings. The van der Waals surface area contributed by atoms with E-state index >= 15 is 0 Å². The maximum atomic E-state index is 14.8. The van der Waals surface area contributed by atoms with Crippen LogP contribution in [0.1, 0.15) is 97.8 Å². The number of hydrogen-bond acceptors (Lipinski definition) is 3. The summed E-state index contributed by atoms with van der Waals surface area (Å²) in [6, 6.07) is 4.53. The molecule has 1 aliphatic carbocycles. The maximum absolute atomic E-state index is 14.8. The molecule has 2 heterocycles. The minimum atomic E-state index is -4.68. The number of rotatable bonds is 6. The molecule has 5 rings (SSSR count). The highest BCUT2D eigenvalue weighted by Gasteiger charge is 2.52. The van der Waals surface area contributed by atoms with Crippen molar-refractivity contribution in [1.82, 2.24) is 4.90 Å². The summed E-state index contributed by atoms with van der Waals surface area (Å²) in [6.45, 7) is 12.2. The molecule has 0 saturated carbocycles. The van der Waals surface area contributed by atoms with Crippen LogP contribution in [0.25, 0.3) is 11.1 Å². The molecule has 0 bridgehead atoms. The monoisotopic (exact) mass is 685 g/mol. The normalized spacial score (nSPS) is 25.2. The molecule has 2 saturated heterocycles. The highest BCUT2D eigenvalue weighted by molar-refractivity contribution is 5.78. The Hall–Kier alpha value is -3.76. The number of alkyl halides is 5. The predicted molar refractivity (Wildman–Crippen MR) is 175 cm³/mol. The lowest BCUT2D eigenvalue weighted by Gasteiger charge is -2.27. The third-order valence-corrected chi connectivity index (χ3v) is 8.56. The van der Waals surface area contributed by atoms with Gasteiger partial charge in [0.2, 0.25) is 0 Å². The van der Waals surface area contributed by atoms with E-state index in [0.717, 1.165) is 30.4 Å². The summed E-state index contributed by atoms with van der Waals surface area (Å²) in [6.07, 6.45) is -1.10. The maximum Gasteiger partial charge on any atom is 0.416 e. The van der Waals surface area contributed by atoms with E-state index < -0.39 is 65.1 Å². The lowest BCUT2D eigenvalue weighted by atomic mass is 9.89. The quantitative estimate of drug-likeness (QED) is 0.284. The summed E-state index contributed by atoms with van der Waals surface area (Å²) in [4.78, 5) is 14.7. The number of ether oxygens (including phenoxy) is 2. The van der Waals surface area contributed by atoms with Crippen molar-refractivity contribution in [3.63, 3.8) is 0 Å². The molecule has 2 aromatic carbocycles. The zero-order valence-corrected chi connectivity index (χ0v) is 28.5. The van der Waals surface area contributed by atoms with Crippen molar-refractivity contribution in [1.29, 1.82) is 0 Å². The average molecular weight is 686 g/mol. The van der Waals surface area contributed by atoms with Gasteiger partial charge >= 0.3 is 12.3 Å². The Bertz CT molecular complexity index is 1550. The van der Waals surface area contributed by atoms with Gasteiger partial charge in [-0.15, -0.1) is 0 Å². The first-order valence-corrected chi connectivity index (χ1v) is 16.3. The van der Waals surface area contributed by atoms with Gasteiger partial charge in [-0.3, -0.25) is 4.90 Å². The van der Waals surface area contributed by atoms with Crippen molar-refractivity contribution in [3.05, 3.63) is 88.5 Å². The van der Waals surface area contributed by atoms with Gasteiger partial charge in [-0.25, -0.2) is 22.4 Å². The summed E-state index contributed by atoms with van der Waals surface area (Å²) in [5.74, 6) is -5.44. The highest BCUT2D eigenvalue weighted by atomic mass is 19.4. The first kappa shape index (κ1) is 38.7. The van der Waals surface area contributed by atoms with E-state index in [-0.39, 0.29) is 31.5 Å². The molecule has 2 aliphatic heterocycles. The lowest BCUT2D eigenvalue weighted by Crippen LogP contribution is -2.35. The van der Waals surface area contributed by atoms with Crippen molar-refractivity contribution in [3.8, 4) is 16.9 Å². The second-order valence-electron chi connectivity index (χ2n) is 11.8. The molecule has 4 nitrogen and oxygen atoms in total. The van der Waals surface area contributed by atoms with Crippen LogP contribution < -0.4 is 4.74 Å². The van der Waals surface area contributed by atoms with Crippen molar-refractivity contribution >= 4 is 6.09 Å². The molecule has 11 heteroatoms. The van der Waals surface area contributed by atoms with Crippen LogP contribution in [0, 0.1) is 11.7 Å². The van der Waals surface area contributed by atoms with Crippen LogP contribution in [-0.4, -0.2) is 36.2 Å². The standard InChI is InChI=1S/C33H32F7NO3.2C2H6.H2/c1-17(2)23-15-25(29(43-4)16-26(23)35)22-10-8-20(33(38,39)40)14-24(22)27-11-12-28-30(44-31(42)41(27)28)18-5-7-19(32(3,36)37)13-21(34)9-6-18;2*1-2;/h5,7-10,13-18,27-28,30H,6,11-12H2,1-4H3;2*1-2H3;1H/b7-5+,19-13+,21-9+;;;/t18?,27-,28?,30+;;;/m0.../s1. The molecule has 0 aromatic heterocycles. The third kappa shape index (κ3) is 8.09. The molecule has 1 amide bonds. The second kappa shape index (κ2) is 15.6. The average Bonchev–Trinajstić information content (AvgIpc) is 3.60. The van der Waals surface area contributed by atoms with Crippen LogP contribution in [0.3, 0.4) is 0 Å². The number of methoxy groups -OCH3 is 1. The fraction of sp³-hybridized carbons (Fsp3) is 0.486. The number of hydrogen-bond donors (Lipinski definition) is 0. The summed E-state index contributed by atoms with van der Waals surface area (Å²) < 4.78 is 110. The number of allylic oxidation sites excluding steroid dienone is 5. The van der Waals surface area contributed by atoms with Gasteiger partial charge in [-0.1, -0.05) is 59.8 Å². The number of carbonyl (C=O) groups is 1. The Kier molecular flexibility index (Phi) is 12.6. The minimum absolute atomic E-state index is 0. The molecule has 48 heavy (non-hydrogen) atoms. The Morgan fingerprint density at radius 3 is 2.23 bits per heavy atom. The summed E-state index contributed by atoms with van der Waals surface area (Å²) in [5.41, 5.74) is -0.207. The molecule has 3 aliphatic rings. The lowest BCUT2D eigenvalue weighted by molar-refractivity contribution is -0.137. The number of carbonyl (C=O) groups excluding carboxylic acids is 1. The molecule has 0 N–H and O–H groups in total. The van der Waals surface area contributed by atoms with Gasteiger partial charge in [0.15, 0.2) is 0 Å². The molecule has 2 unspecified atom stereocenters. The number of fused-ring (bicyclic) bond motifs is 1. The predicted octanol–water partition coefficient (Wildman–Crippen LogP) is 12.0. The van der Waals surface area contributed by atoms with Crippen LogP contribution >= 0.6 is 0 Å². The highest BCUT2D eigenvalue weighted by Crippen LogP contribution is 2.49. The summed E-state index contributed by atoms with van der Waals surface area (Å²) in [5, 5.41) is 0. The van der Waals surface area contributed by atoms with Crippen LogP contribution in [0.4, 0.5) is 35.5 Å². The van der Waals surface area contributed by atoms with E-state index in [1.54, 1.807) is 19.9 Å². The van der Waals surface area contributed by atoms with Crippen molar-refractivity contribution in [2.45, 2.75) is 104 Å². The summed E-state index contributed by atoms with van der Waals surface area (Å²) >= 11 is 0. The van der Waals surface area contributed by atoms with E-state index in [9.17, 15) is 35.5 Å². The van der Waals surface area contributed by atoms with E-state index in [4.69, 9.17) is 9.47 Å². The molecule has 0 spiro atoms. The van der Waals surface area contributed by atoms with Crippen molar-refractivity contribution in [2.24, 2.45) is 5.92 Å². The van der Waals surface area contributed by atoms with Crippen molar-refractivity contribution in [2.75, 3.05) is 7.11 Å². The topological polar surface area (TPSA) is 38.8 Å². The molecule has 266 valence electrons. The molecule has 4 atom stereocenters. The molecule has 0 radical (unpaired) electrons. The number of cyclic esters (lactones) is 1. The van der Waals surface area contributed by atoms with Crippen LogP contribution in [0.2, 0.25) is 0 Å². The van der Waals surface area contributed by atoms with Gasteiger partial charge in [0.1, 0.15) is 23.5 Å². The first-order chi connectivity index (χ1) is 22.6. The van der Waals surface area contributed by atoms with Gasteiger partial charge in [-0.2, -0.15) is 13.2 Å². The van der Waals surface area contributed by atoms with Gasteiger partial charge in [-0.05, 0) is 72.2 Å². The van der Waals surface area contributed by atoms with Gasteiger partial charge < -0.3 is 9.47 Å². The molecular weight excluding hydrogens is 639 g/mol. The Morgan fingerprint density at radius 1 is 0.979 bits per heavy atom. The number of benzene rings is 2. The zero-order chi connectivity index (χ0) is 36.1. The SMILES string of the molecule is CC.CC.COc1cc(F)c(C(C)C)cc1-c1ccc(C(F)(F)F)cc1[C@@H]1CCC2[C@@H](C3/C=C/C(C(C)(F)F)=C\C(F)=C/C3)OC(=O)N21.[HH]. The van der Waals surface area contributed by atoms with Crippen LogP contribution in [-0.2, 0) is 10.9 Å². The first-order valence-electron chi connectivity index (χ1n) is 16.3. The molecular formula is C37H46F7NO3. The Labute approximate surface area is 279 Å². The van der Waals surface area contributed by atoms with Gasteiger partial charge in [0.05, 0.1) is 24.8 Å². The smallest absolute Gasteiger partial charge is 0.416 e. The third-order valence-electron chi connectivity index (χ3n) is 8.56. The van der Waals surface area contributed by atoms with Crippen molar-refractivity contribution < 1.29 is 46.4 Å². The minimum Gasteiger partial charge on any atom is -0.496 e. The fourth-order valence-electron chi connectivity index (χ4n) is 6.34. The van der Waals surface area contributed by atoms with Crippen LogP contribution in [0.15, 0.2) is 66.0 Å². The Balaban J connectivity index is 0.00000161. The largest absolute Gasteiger partial charge is 0.496 e. The number of halogens is 7. The second-order valence-corrected chi connectivity index (χ2v) is 11.8. The fourth-order valence-corrected chi connectivity index (χ4v) is 6.34. The number of nitrogens with zero attached hydrogens (tertiary/aromatic N) is 1. The van der Waals surface area contributed by atoms with E-state index in [1.807, 2.05) is 27.7 Å². The van der Waals surface area contributed by atoms with E-state index in [2.05, 4.69) is 0 Å². The molecule has 2 aromatic rings. The van der Waals surface area contributed by atoms with E-state index in [1.165, 1.54) is 30.2 Å². The van der Waals surface area contributed by atoms with Crippen LogP contribution in [0.5, 0.6) is 5.75 Å². The van der Waals surface area contributed by atoms with Gasteiger partial charge in [0.25, 0.3) is 5.92 Å². The van der Waals surface area contributed by atoms with E-state index in [0.29, 0.717) is 30.0 Å². The summed E-state index contributed by atoms with van der Waals surface area (Å²) in [7, 11) is 1.33. The zero-order valence-electron chi connectivity index (χ0n) is 28.5. The van der Waals surface area contributed by atoms with Gasteiger partial charge in [0, 0.05) is 31.5 Å². The number of amides is 1.